The molecular formula is C13H23F3N2O. The van der Waals surface area contributed by atoms with Gasteiger partial charge in [-0.15, -0.1) is 0 Å². The van der Waals surface area contributed by atoms with Crippen molar-refractivity contribution in [2.75, 3.05) is 19.7 Å². The molecule has 0 radical (unpaired) electrons. The van der Waals surface area contributed by atoms with Crippen molar-refractivity contribution in [1.29, 1.82) is 0 Å². The normalized spacial score (nSPS) is 38.4. The Balaban J connectivity index is 1.97. The van der Waals surface area contributed by atoms with Gasteiger partial charge in [-0.25, -0.2) is 0 Å². The van der Waals surface area contributed by atoms with Crippen LogP contribution in [0, 0.1) is 5.92 Å². The van der Waals surface area contributed by atoms with Gasteiger partial charge in [-0.1, -0.05) is 0 Å². The SMILES string of the molecule is NC1(CO)CCCC(N2CCCC(C(F)(F)F)C2)C1. The van der Waals surface area contributed by atoms with Crippen LogP contribution in [0.3, 0.4) is 0 Å². The number of halogens is 3. The highest BCUT2D eigenvalue weighted by molar-refractivity contribution is 4.95. The molecule has 0 amide bonds. The number of alkyl halides is 3. The molecule has 1 aliphatic heterocycles. The zero-order valence-electron chi connectivity index (χ0n) is 11.1. The average Bonchev–Trinajstić information content (AvgIpc) is 2.38. The molecule has 2 fully saturated rings. The van der Waals surface area contributed by atoms with Crippen LogP contribution in [-0.4, -0.2) is 47.5 Å². The van der Waals surface area contributed by atoms with E-state index in [1.165, 1.54) is 0 Å². The highest BCUT2D eigenvalue weighted by Crippen LogP contribution is 2.36. The van der Waals surface area contributed by atoms with E-state index in [9.17, 15) is 18.3 Å². The van der Waals surface area contributed by atoms with Gasteiger partial charge in [-0.05, 0) is 45.1 Å². The Hall–Kier alpha value is -0.330. The minimum atomic E-state index is -4.09. The van der Waals surface area contributed by atoms with Gasteiger partial charge in [-0.2, -0.15) is 13.2 Å². The number of rotatable bonds is 2. The Morgan fingerprint density at radius 2 is 2.00 bits per heavy atom. The molecule has 0 spiro atoms. The highest BCUT2D eigenvalue weighted by Gasteiger charge is 2.44. The second-order valence-corrected chi connectivity index (χ2v) is 6.15. The fourth-order valence-electron chi connectivity index (χ4n) is 3.42. The summed E-state index contributed by atoms with van der Waals surface area (Å²) in [6.07, 6.45) is -0.120. The predicted molar refractivity (Wildman–Crippen MR) is 66.6 cm³/mol. The van der Waals surface area contributed by atoms with E-state index in [1.54, 1.807) is 0 Å². The number of aliphatic hydroxyl groups excluding tert-OH is 1. The third-order valence-corrected chi connectivity index (χ3v) is 4.60. The lowest BCUT2D eigenvalue weighted by Gasteiger charge is -2.45. The molecule has 1 saturated carbocycles. The fourth-order valence-corrected chi connectivity index (χ4v) is 3.42. The molecule has 1 saturated heterocycles. The topological polar surface area (TPSA) is 49.5 Å². The van der Waals surface area contributed by atoms with E-state index in [-0.39, 0.29) is 25.6 Å². The second kappa shape index (κ2) is 5.58. The molecule has 19 heavy (non-hydrogen) atoms. The minimum absolute atomic E-state index is 0.0833. The van der Waals surface area contributed by atoms with Gasteiger partial charge in [0.25, 0.3) is 0 Å². The number of hydrogen-bond donors (Lipinski definition) is 2. The highest BCUT2D eigenvalue weighted by atomic mass is 19.4. The quantitative estimate of drug-likeness (QED) is 0.812. The summed E-state index contributed by atoms with van der Waals surface area (Å²) in [5.41, 5.74) is 5.47. The molecular weight excluding hydrogens is 257 g/mol. The molecule has 0 aromatic carbocycles. The summed E-state index contributed by atoms with van der Waals surface area (Å²) >= 11 is 0. The third kappa shape index (κ3) is 3.61. The molecule has 0 bridgehead atoms. The van der Waals surface area contributed by atoms with Crippen LogP contribution < -0.4 is 5.73 Å². The summed E-state index contributed by atoms with van der Waals surface area (Å²) in [5, 5.41) is 9.32. The van der Waals surface area contributed by atoms with Gasteiger partial charge < -0.3 is 10.8 Å². The van der Waals surface area contributed by atoms with Gasteiger partial charge in [0.05, 0.1) is 12.5 Å². The van der Waals surface area contributed by atoms with Crippen LogP contribution in [0.5, 0.6) is 0 Å². The van der Waals surface area contributed by atoms with Crippen LogP contribution >= 0.6 is 0 Å². The summed E-state index contributed by atoms with van der Waals surface area (Å²) in [6.45, 7) is 0.731. The first-order valence-corrected chi connectivity index (χ1v) is 7.04. The van der Waals surface area contributed by atoms with Crippen molar-refractivity contribution in [3.05, 3.63) is 0 Å². The van der Waals surface area contributed by atoms with Crippen molar-refractivity contribution >= 4 is 0 Å². The summed E-state index contributed by atoms with van der Waals surface area (Å²) in [5.74, 6) is -1.20. The number of nitrogens with zero attached hydrogens (tertiary/aromatic N) is 1. The third-order valence-electron chi connectivity index (χ3n) is 4.60. The van der Waals surface area contributed by atoms with E-state index in [2.05, 4.69) is 0 Å². The average molecular weight is 280 g/mol. The van der Waals surface area contributed by atoms with Crippen LogP contribution in [0.1, 0.15) is 38.5 Å². The minimum Gasteiger partial charge on any atom is -0.394 e. The lowest BCUT2D eigenvalue weighted by atomic mass is 9.79. The first-order valence-electron chi connectivity index (χ1n) is 7.04. The summed E-state index contributed by atoms with van der Waals surface area (Å²) in [4.78, 5) is 1.94. The van der Waals surface area contributed by atoms with Gasteiger partial charge in [0.2, 0.25) is 0 Å². The lowest BCUT2D eigenvalue weighted by Crippen LogP contribution is -2.55. The second-order valence-electron chi connectivity index (χ2n) is 6.15. The van der Waals surface area contributed by atoms with Gasteiger partial charge in [0.15, 0.2) is 0 Å². The Kier molecular flexibility index (Phi) is 4.42. The fraction of sp³-hybridized carbons (Fsp3) is 1.00. The van der Waals surface area contributed by atoms with E-state index in [1.807, 2.05) is 4.90 Å². The molecule has 3 N–H and O–H groups in total. The van der Waals surface area contributed by atoms with Crippen molar-refractivity contribution in [1.82, 2.24) is 4.90 Å². The molecule has 3 nitrogen and oxygen atoms in total. The van der Waals surface area contributed by atoms with Gasteiger partial charge in [0.1, 0.15) is 0 Å². The molecule has 0 aromatic heterocycles. The Bertz CT molecular complexity index is 311. The lowest BCUT2D eigenvalue weighted by molar-refractivity contribution is -0.189. The van der Waals surface area contributed by atoms with Crippen molar-refractivity contribution in [2.24, 2.45) is 11.7 Å². The van der Waals surface area contributed by atoms with Crippen LogP contribution in [-0.2, 0) is 0 Å². The number of likely N-dealkylation sites (tertiary alicyclic amines) is 1. The smallest absolute Gasteiger partial charge is 0.393 e. The van der Waals surface area contributed by atoms with Crippen LogP contribution in [0.15, 0.2) is 0 Å². The van der Waals surface area contributed by atoms with Gasteiger partial charge in [0, 0.05) is 18.1 Å². The van der Waals surface area contributed by atoms with Crippen LogP contribution in [0.2, 0.25) is 0 Å². The zero-order chi connectivity index (χ0) is 14.1. The first kappa shape index (κ1) is 15.1. The van der Waals surface area contributed by atoms with Crippen molar-refractivity contribution < 1.29 is 18.3 Å². The maximum Gasteiger partial charge on any atom is 0.393 e. The van der Waals surface area contributed by atoms with Crippen molar-refractivity contribution in [3.63, 3.8) is 0 Å². The molecule has 0 aromatic rings. The largest absolute Gasteiger partial charge is 0.394 e. The molecule has 1 aliphatic carbocycles. The van der Waals surface area contributed by atoms with Crippen LogP contribution in [0.4, 0.5) is 13.2 Å². The number of nitrogens with two attached hydrogens (primary N) is 1. The Morgan fingerprint density at radius 1 is 1.26 bits per heavy atom. The monoisotopic (exact) mass is 280 g/mol. The summed E-state index contributed by atoms with van der Waals surface area (Å²) in [6, 6.07) is 0.0936. The maximum atomic E-state index is 12.8. The summed E-state index contributed by atoms with van der Waals surface area (Å²) < 4.78 is 38.4. The van der Waals surface area contributed by atoms with Crippen LogP contribution in [0.25, 0.3) is 0 Å². The van der Waals surface area contributed by atoms with Crippen molar-refractivity contribution in [2.45, 2.75) is 56.3 Å². The number of aliphatic hydroxyl groups is 1. The number of hydrogen-bond acceptors (Lipinski definition) is 3. The van der Waals surface area contributed by atoms with Crippen molar-refractivity contribution in [3.8, 4) is 0 Å². The van der Waals surface area contributed by atoms with E-state index >= 15 is 0 Å². The number of piperidine rings is 1. The molecule has 6 heteroatoms. The van der Waals surface area contributed by atoms with E-state index in [0.29, 0.717) is 12.8 Å². The van der Waals surface area contributed by atoms with Gasteiger partial charge in [-0.3, -0.25) is 4.90 Å². The molecule has 2 rings (SSSR count). The summed E-state index contributed by atoms with van der Waals surface area (Å²) in [7, 11) is 0. The molecule has 1 heterocycles. The molecule has 2 aliphatic rings. The molecule has 3 unspecified atom stereocenters. The first-order chi connectivity index (χ1) is 8.84. The predicted octanol–water partition coefficient (Wildman–Crippen LogP) is 1.89. The Labute approximate surface area is 111 Å². The van der Waals surface area contributed by atoms with E-state index in [4.69, 9.17) is 5.73 Å². The molecule has 112 valence electrons. The molecule has 3 atom stereocenters. The van der Waals surface area contributed by atoms with Gasteiger partial charge >= 0.3 is 6.18 Å². The van der Waals surface area contributed by atoms with E-state index in [0.717, 1.165) is 25.8 Å². The van der Waals surface area contributed by atoms with E-state index < -0.39 is 17.6 Å². The standard InChI is InChI=1S/C13H23F3N2O/c14-13(15,16)10-3-2-6-18(8-10)11-4-1-5-12(17,7-11)9-19/h10-11,19H,1-9,17H2. The maximum absolute atomic E-state index is 12.8. The Morgan fingerprint density at radius 3 is 2.63 bits per heavy atom. The zero-order valence-corrected chi connectivity index (χ0v) is 11.1.